The first-order valence-electron chi connectivity index (χ1n) is 13.2. The fraction of sp³-hybridized carbons (Fsp3) is 0.630. The molecule has 10 heteroatoms. The molecule has 1 unspecified atom stereocenters. The van der Waals surface area contributed by atoms with Crippen molar-refractivity contribution < 1.29 is 14.6 Å². The van der Waals surface area contributed by atoms with Gasteiger partial charge in [0, 0.05) is 32.1 Å². The zero-order valence-electron chi connectivity index (χ0n) is 22.9. The number of carboxylic acids is 1. The number of rotatable bonds is 17. The number of anilines is 1. The molecule has 37 heavy (non-hydrogen) atoms. The van der Waals surface area contributed by atoms with Crippen LogP contribution in [0.3, 0.4) is 0 Å². The van der Waals surface area contributed by atoms with Gasteiger partial charge in [0.05, 0.1) is 6.61 Å². The van der Waals surface area contributed by atoms with Gasteiger partial charge in [-0.1, -0.05) is 46.0 Å². The summed E-state index contributed by atoms with van der Waals surface area (Å²) in [6.45, 7) is 7.64. The number of hydrogen-bond donors (Lipinski definition) is 1. The van der Waals surface area contributed by atoms with Gasteiger partial charge >= 0.3 is 11.7 Å². The predicted octanol–water partition coefficient (Wildman–Crippen LogP) is 4.46. The van der Waals surface area contributed by atoms with Gasteiger partial charge in [0.1, 0.15) is 10.5 Å². The molecule has 0 aliphatic carbocycles. The van der Waals surface area contributed by atoms with Crippen molar-refractivity contribution >= 4 is 23.5 Å². The van der Waals surface area contributed by atoms with Crippen LogP contribution in [0, 0.1) is 0 Å². The van der Waals surface area contributed by atoms with Crippen LogP contribution in [0.1, 0.15) is 72.1 Å². The maximum absolute atomic E-state index is 12.8. The molecule has 0 spiro atoms. The van der Waals surface area contributed by atoms with Gasteiger partial charge in [-0.25, -0.2) is 9.48 Å². The summed E-state index contributed by atoms with van der Waals surface area (Å²) in [4.78, 5) is 39.4. The second kappa shape index (κ2) is 14.9. The highest BCUT2D eigenvalue weighted by atomic mass is 32.2. The number of aromatic nitrogens is 3. The van der Waals surface area contributed by atoms with Crippen LogP contribution in [0.25, 0.3) is 0 Å². The zero-order valence-corrected chi connectivity index (χ0v) is 23.7. The average Bonchev–Trinajstić information content (AvgIpc) is 2.87. The van der Waals surface area contributed by atoms with E-state index >= 15 is 0 Å². The Balaban J connectivity index is 1.99. The molecule has 1 aromatic heterocycles. The Morgan fingerprint density at radius 2 is 1.68 bits per heavy atom. The molecule has 206 valence electrons. The molecule has 0 aliphatic heterocycles. The minimum absolute atomic E-state index is 0.287. The summed E-state index contributed by atoms with van der Waals surface area (Å²) in [5.41, 5.74) is -0.831. The summed E-state index contributed by atoms with van der Waals surface area (Å²) in [5.74, 6) is 0.187. The van der Waals surface area contributed by atoms with Gasteiger partial charge in [0.25, 0.3) is 5.56 Å². The van der Waals surface area contributed by atoms with Gasteiger partial charge in [0.2, 0.25) is 5.82 Å². The highest BCUT2D eigenvalue weighted by Crippen LogP contribution is 2.37. The van der Waals surface area contributed by atoms with Crippen molar-refractivity contribution in [2.45, 2.75) is 81.8 Å². The molecule has 0 radical (unpaired) electrons. The molecule has 1 heterocycles. The smallest absolute Gasteiger partial charge is 0.346 e. The van der Waals surface area contributed by atoms with Crippen LogP contribution in [0.15, 0.2) is 38.8 Å². The minimum atomic E-state index is -0.858. The fourth-order valence-corrected chi connectivity index (χ4v) is 5.28. The van der Waals surface area contributed by atoms with E-state index in [2.05, 4.69) is 12.0 Å². The molecule has 0 fully saturated rings. The Bertz CT molecular complexity index is 1120. The molecule has 0 bridgehead atoms. The maximum atomic E-state index is 12.8. The van der Waals surface area contributed by atoms with Crippen molar-refractivity contribution in [3.05, 3.63) is 45.1 Å². The van der Waals surface area contributed by atoms with Crippen molar-refractivity contribution in [2.24, 2.45) is 14.1 Å². The first-order chi connectivity index (χ1) is 17.6. The fourth-order valence-electron chi connectivity index (χ4n) is 4.10. The maximum Gasteiger partial charge on any atom is 0.346 e. The van der Waals surface area contributed by atoms with Gasteiger partial charge in [0.15, 0.2) is 0 Å². The number of aliphatic carboxylic acids is 1. The number of carboxylic acid groups (broad SMARTS) is 1. The Morgan fingerprint density at radius 3 is 2.30 bits per heavy atom. The highest BCUT2D eigenvalue weighted by Gasteiger charge is 2.33. The number of thioether (sulfide) groups is 1. The molecular formula is C27H42N4O5S. The number of ether oxygens (including phenoxy) is 1. The summed E-state index contributed by atoms with van der Waals surface area (Å²) in [7, 11) is 3.03. The lowest BCUT2D eigenvalue weighted by atomic mass is 10.1. The van der Waals surface area contributed by atoms with Gasteiger partial charge in [-0.2, -0.15) is 0 Å². The number of benzene rings is 1. The van der Waals surface area contributed by atoms with Crippen LogP contribution in [0.4, 0.5) is 5.82 Å². The number of nitrogens with zero attached hydrogens (tertiary/aromatic N) is 4. The van der Waals surface area contributed by atoms with Crippen LogP contribution in [-0.4, -0.2) is 49.9 Å². The first kappa shape index (κ1) is 30.5. The van der Waals surface area contributed by atoms with E-state index in [0.29, 0.717) is 38.3 Å². The molecule has 0 saturated heterocycles. The monoisotopic (exact) mass is 534 g/mol. The van der Waals surface area contributed by atoms with E-state index < -0.39 is 16.4 Å². The Kier molecular flexibility index (Phi) is 12.2. The van der Waals surface area contributed by atoms with Gasteiger partial charge in [-0.3, -0.25) is 14.2 Å². The molecule has 2 aromatic rings. The molecule has 1 aromatic carbocycles. The van der Waals surface area contributed by atoms with Gasteiger partial charge in [-0.05, 0) is 50.5 Å². The van der Waals surface area contributed by atoms with Crippen LogP contribution >= 0.6 is 11.8 Å². The molecule has 0 amide bonds. The quantitative estimate of drug-likeness (QED) is 0.234. The molecule has 1 atom stereocenters. The Labute approximate surface area is 223 Å². The molecular weight excluding hydrogens is 492 g/mol. The van der Waals surface area contributed by atoms with E-state index in [1.165, 1.54) is 36.3 Å². The van der Waals surface area contributed by atoms with Gasteiger partial charge < -0.3 is 14.7 Å². The normalized spacial score (nSPS) is 12.8. The largest absolute Gasteiger partial charge is 0.494 e. The highest BCUT2D eigenvalue weighted by molar-refractivity contribution is 8.01. The van der Waals surface area contributed by atoms with Crippen LogP contribution in [0.5, 0.6) is 5.75 Å². The zero-order chi connectivity index (χ0) is 27.4. The summed E-state index contributed by atoms with van der Waals surface area (Å²) < 4.78 is 7.35. The Hall–Kier alpha value is -2.75. The third-order valence-electron chi connectivity index (χ3n) is 6.32. The number of aryl methyl sites for hydroxylation is 1. The molecule has 9 nitrogen and oxygen atoms in total. The van der Waals surface area contributed by atoms with E-state index in [1.807, 2.05) is 36.1 Å². The standard InChI is InChI=1S/C27H42N4O5S/c1-6-8-9-10-11-18-31(23-24(32)29(4)26(35)30(5)28-23)19-12-20-36-21-13-15-22(16-14-21)37-27(3,17-7-2)25(33)34/h13-16H,6-12,17-20H2,1-5H3,(H,33,34). The molecule has 0 saturated carbocycles. The van der Waals surface area contributed by atoms with E-state index in [9.17, 15) is 19.5 Å². The lowest BCUT2D eigenvalue weighted by molar-refractivity contribution is -0.139. The van der Waals surface area contributed by atoms with Gasteiger partial charge in [-0.15, -0.1) is 16.9 Å². The average molecular weight is 535 g/mol. The number of carbonyl (C=O) groups is 1. The number of hydrogen-bond acceptors (Lipinski definition) is 7. The van der Waals surface area contributed by atoms with Crippen LogP contribution in [-0.2, 0) is 18.9 Å². The van der Waals surface area contributed by atoms with Crippen LogP contribution in [0.2, 0.25) is 0 Å². The lowest BCUT2D eigenvalue weighted by Gasteiger charge is -2.24. The molecule has 0 aliphatic rings. The first-order valence-corrected chi connectivity index (χ1v) is 14.0. The SMILES string of the molecule is CCCCCCCN(CCCOc1ccc(SC(C)(CCC)C(=O)O)cc1)c1nn(C)c(=O)n(C)c1=O. The van der Waals surface area contributed by atoms with Crippen molar-refractivity contribution in [3.8, 4) is 5.75 Å². The molecule has 2 rings (SSSR count). The molecule has 1 N–H and O–H groups in total. The summed E-state index contributed by atoms with van der Waals surface area (Å²) in [5, 5.41) is 13.9. The summed E-state index contributed by atoms with van der Waals surface area (Å²) in [6.07, 6.45) is 7.61. The summed E-state index contributed by atoms with van der Waals surface area (Å²) >= 11 is 1.35. The predicted molar refractivity (Wildman–Crippen MR) is 149 cm³/mol. The Morgan fingerprint density at radius 1 is 1.03 bits per heavy atom. The van der Waals surface area contributed by atoms with Crippen molar-refractivity contribution in [1.82, 2.24) is 14.3 Å². The van der Waals surface area contributed by atoms with Crippen molar-refractivity contribution in [3.63, 3.8) is 0 Å². The third-order valence-corrected chi connectivity index (χ3v) is 7.66. The van der Waals surface area contributed by atoms with E-state index in [-0.39, 0.29) is 11.4 Å². The van der Waals surface area contributed by atoms with Crippen LogP contribution < -0.4 is 20.9 Å². The lowest BCUT2D eigenvalue weighted by Crippen LogP contribution is -2.43. The minimum Gasteiger partial charge on any atom is -0.494 e. The van der Waals surface area contributed by atoms with E-state index in [4.69, 9.17) is 4.74 Å². The van der Waals surface area contributed by atoms with E-state index in [0.717, 1.165) is 35.1 Å². The topological polar surface area (TPSA) is 107 Å². The second-order valence-electron chi connectivity index (χ2n) is 9.56. The number of unbranched alkanes of at least 4 members (excludes halogenated alkanes) is 4. The second-order valence-corrected chi connectivity index (χ2v) is 11.1. The van der Waals surface area contributed by atoms with Crippen molar-refractivity contribution in [1.29, 1.82) is 0 Å². The summed E-state index contributed by atoms with van der Waals surface area (Å²) in [6, 6.07) is 7.48. The third kappa shape index (κ3) is 8.94. The van der Waals surface area contributed by atoms with Crippen molar-refractivity contribution in [2.75, 3.05) is 24.6 Å². The van der Waals surface area contributed by atoms with E-state index in [1.54, 1.807) is 14.0 Å².